The van der Waals surface area contributed by atoms with Gasteiger partial charge in [0.1, 0.15) is 0 Å². The number of anilines is 1. The van der Waals surface area contributed by atoms with Crippen molar-refractivity contribution in [2.24, 2.45) is 0 Å². The smallest absolute Gasteiger partial charge is 0.337 e. The van der Waals surface area contributed by atoms with E-state index < -0.39 is 5.97 Å². The first-order valence-electron chi connectivity index (χ1n) is 7.94. The van der Waals surface area contributed by atoms with Gasteiger partial charge in [0.2, 0.25) is 0 Å². The topological polar surface area (TPSA) is 117 Å². The van der Waals surface area contributed by atoms with E-state index in [1.54, 1.807) is 39.5 Å². The zero-order valence-corrected chi connectivity index (χ0v) is 16.6. The summed E-state index contributed by atoms with van der Waals surface area (Å²) in [7, 11) is 6.90. The molecule has 3 N–H and O–H groups in total. The lowest BCUT2D eigenvalue weighted by atomic mass is 10.2. The number of aryl methyl sites for hydroxylation is 1. The lowest BCUT2D eigenvalue weighted by Crippen LogP contribution is -2.33. The number of rotatable bonds is 2. The quantitative estimate of drug-likeness (QED) is 0.693. The first kappa shape index (κ1) is 20.2. The Balaban J connectivity index is 0.000000279. The number of aromatic nitrogens is 3. The molecule has 0 fully saturated rings. The summed E-state index contributed by atoms with van der Waals surface area (Å²) >= 11 is 1.58. The second kappa shape index (κ2) is 8.04. The lowest BCUT2D eigenvalue weighted by molar-refractivity contribution is 0.0696. The van der Waals surface area contributed by atoms with E-state index in [0.717, 1.165) is 9.75 Å². The molecule has 3 aromatic rings. The summed E-state index contributed by atoms with van der Waals surface area (Å²) < 4.78 is 1.41. The van der Waals surface area contributed by atoms with E-state index in [9.17, 15) is 9.59 Å². The van der Waals surface area contributed by atoms with E-state index >= 15 is 0 Å². The van der Waals surface area contributed by atoms with Crippen molar-refractivity contribution in [1.82, 2.24) is 24.4 Å². The highest BCUT2D eigenvalue weighted by atomic mass is 32.1. The molecule has 0 aliphatic carbocycles. The van der Waals surface area contributed by atoms with Gasteiger partial charge in [-0.2, -0.15) is 0 Å². The average Bonchev–Trinajstić information content (AvgIpc) is 3.20. The van der Waals surface area contributed by atoms with Gasteiger partial charge < -0.3 is 20.6 Å². The highest BCUT2D eigenvalue weighted by Crippen LogP contribution is 2.26. The first-order valence-corrected chi connectivity index (χ1v) is 8.76. The van der Waals surface area contributed by atoms with Crippen molar-refractivity contribution in [3.05, 3.63) is 34.8 Å². The van der Waals surface area contributed by atoms with Gasteiger partial charge in [-0.3, -0.25) is 0 Å². The van der Waals surface area contributed by atoms with Crippen LogP contribution in [0.4, 0.5) is 10.5 Å². The molecule has 0 atom stereocenters. The lowest BCUT2D eigenvalue weighted by Gasteiger charge is -2.16. The number of amides is 2. The van der Waals surface area contributed by atoms with Crippen LogP contribution in [0.5, 0.6) is 0 Å². The predicted molar refractivity (Wildman–Crippen MR) is 105 cm³/mol. The zero-order chi connectivity index (χ0) is 20.3. The average molecular weight is 390 g/mol. The Morgan fingerprint density at radius 2 is 1.81 bits per heavy atom. The van der Waals surface area contributed by atoms with Crippen molar-refractivity contribution in [3.63, 3.8) is 0 Å². The van der Waals surface area contributed by atoms with Crippen LogP contribution in [-0.2, 0) is 0 Å². The zero-order valence-electron chi connectivity index (χ0n) is 15.8. The van der Waals surface area contributed by atoms with Crippen molar-refractivity contribution in [2.45, 2.75) is 6.92 Å². The third kappa shape index (κ3) is 4.73. The van der Waals surface area contributed by atoms with E-state index in [0.29, 0.717) is 17.2 Å². The summed E-state index contributed by atoms with van der Waals surface area (Å²) in [6.07, 6.45) is 1.41. The minimum absolute atomic E-state index is 0.0185. The van der Waals surface area contributed by atoms with Gasteiger partial charge >= 0.3 is 12.0 Å². The molecule has 9 nitrogen and oxygen atoms in total. The molecule has 2 amide bonds. The fraction of sp³-hybridized carbons (Fsp3) is 0.294. The molecule has 3 aromatic heterocycles. The number of carboxylic acids is 1. The number of hydrogen-bond acceptors (Lipinski definition) is 6. The predicted octanol–water partition coefficient (Wildman–Crippen LogP) is 2.28. The van der Waals surface area contributed by atoms with Crippen LogP contribution in [0, 0.1) is 6.92 Å². The van der Waals surface area contributed by atoms with Crippen molar-refractivity contribution >= 4 is 34.7 Å². The highest BCUT2D eigenvalue weighted by Gasteiger charge is 2.13. The summed E-state index contributed by atoms with van der Waals surface area (Å²) in [5, 5.41) is 13.3. The number of carbonyl (C=O) groups is 2. The van der Waals surface area contributed by atoms with Gasteiger partial charge in [0.15, 0.2) is 11.5 Å². The molecule has 0 unspecified atom stereocenters. The van der Waals surface area contributed by atoms with Gasteiger partial charge in [-0.1, -0.05) is 0 Å². The minimum atomic E-state index is -1.04. The molecule has 0 aliphatic heterocycles. The maximum Gasteiger partial charge on any atom is 0.337 e. The number of fused-ring (bicyclic) bond motifs is 1. The normalized spacial score (nSPS) is 10.3. The number of nitrogens with zero attached hydrogens (tertiary/aromatic N) is 5. The molecule has 27 heavy (non-hydrogen) atoms. The fourth-order valence-corrected chi connectivity index (χ4v) is 2.98. The van der Waals surface area contributed by atoms with E-state index in [2.05, 4.69) is 10.1 Å². The highest BCUT2D eigenvalue weighted by molar-refractivity contribution is 7.15. The van der Waals surface area contributed by atoms with Crippen LogP contribution in [0.15, 0.2) is 24.4 Å². The van der Waals surface area contributed by atoms with Crippen LogP contribution >= 0.6 is 11.3 Å². The van der Waals surface area contributed by atoms with Crippen LogP contribution in [0.1, 0.15) is 15.2 Å². The number of nitrogen functional groups attached to an aromatic ring is 1. The van der Waals surface area contributed by atoms with Gasteiger partial charge in [-0.25, -0.2) is 19.1 Å². The van der Waals surface area contributed by atoms with E-state index in [-0.39, 0.29) is 11.6 Å². The van der Waals surface area contributed by atoms with E-state index in [1.807, 2.05) is 19.1 Å². The summed E-state index contributed by atoms with van der Waals surface area (Å²) in [5.41, 5.74) is 6.66. The molecule has 0 radical (unpaired) electrons. The third-order valence-electron chi connectivity index (χ3n) is 3.43. The van der Waals surface area contributed by atoms with Crippen molar-refractivity contribution in [1.29, 1.82) is 0 Å². The van der Waals surface area contributed by atoms with Gasteiger partial charge in [-0.05, 0) is 25.1 Å². The number of hydrogen-bond donors (Lipinski definition) is 2. The molecular weight excluding hydrogens is 368 g/mol. The molecule has 0 saturated carbocycles. The Hall–Kier alpha value is -3.14. The number of pyridine rings is 1. The number of nitrogens with two attached hydrogens (primary N) is 1. The van der Waals surface area contributed by atoms with Gasteiger partial charge in [-0.15, -0.1) is 16.4 Å². The molecule has 0 bridgehead atoms. The summed E-state index contributed by atoms with van der Waals surface area (Å²) in [6.45, 7) is 2.00. The maximum atomic E-state index is 11.0. The van der Waals surface area contributed by atoms with Crippen LogP contribution < -0.4 is 5.73 Å². The molecule has 0 aliphatic rings. The van der Waals surface area contributed by atoms with E-state index in [1.165, 1.54) is 26.6 Å². The van der Waals surface area contributed by atoms with Gasteiger partial charge in [0.25, 0.3) is 0 Å². The molecule has 3 rings (SSSR count). The molecule has 10 heteroatoms. The van der Waals surface area contributed by atoms with Crippen molar-refractivity contribution in [3.8, 4) is 10.7 Å². The summed E-state index contributed by atoms with van der Waals surface area (Å²) in [5.74, 6) is -0.495. The Kier molecular flexibility index (Phi) is 6.01. The number of thiophene rings is 1. The Morgan fingerprint density at radius 3 is 2.26 bits per heavy atom. The van der Waals surface area contributed by atoms with Gasteiger partial charge in [0, 0.05) is 39.3 Å². The second-order valence-electron chi connectivity index (χ2n) is 6.17. The Morgan fingerprint density at radius 1 is 1.19 bits per heavy atom. The number of carbonyl (C=O) groups excluding carboxylic acids is 1. The molecular formula is C17H22N6O3S. The maximum absolute atomic E-state index is 11.0. The van der Waals surface area contributed by atoms with Crippen molar-refractivity contribution < 1.29 is 14.7 Å². The van der Waals surface area contributed by atoms with Crippen LogP contribution in [0.3, 0.4) is 0 Å². The monoisotopic (exact) mass is 390 g/mol. The van der Waals surface area contributed by atoms with Crippen LogP contribution in [0.2, 0.25) is 0 Å². The van der Waals surface area contributed by atoms with Crippen LogP contribution in [0.25, 0.3) is 16.3 Å². The molecule has 144 valence electrons. The van der Waals surface area contributed by atoms with E-state index in [4.69, 9.17) is 10.8 Å². The number of aromatic carboxylic acids is 1. The summed E-state index contributed by atoms with van der Waals surface area (Å²) in [6, 6.07) is 5.32. The molecule has 0 saturated heterocycles. The molecule has 0 spiro atoms. The first-order chi connectivity index (χ1) is 12.6. The molecule has 3 heterocycles. The third-order valence-corrected chi connectivity index (χ3v) is 4.43. The Bertz CT molecular complexity index is 966. The van der Waals surface area contributed by atoms with Crippen molar-refractivity contribution in [2.75, 3.05) is 33.9 Å². The Labute approximate surface area is 160 Å². The second-order valence-corrected chi connectivity index (χ2v) is 7.46. The number of carboxylic acid groups (broad SMARTS) is 1. The summed E-state index contributed by atoms with van der Waals surface area (Å²) in [4.78, 5) is 31.1. The fourth-order valence-electron chi connectivity index (χ4n) is 2.19. The standard InChI is InChI=1S/C12H10N4O2S.C5H12N2O/c1-6-2-3-9(19-6)10-14-11-8(13)4-7(12(17)18)5-16(11)15-10;1-6(2)5(8)7(3)4/h2-5H,13H2,1H3,(H,17,18);1-4H3. The SMILES string of the molecule is CN(C)C(=O)N(C)C.Cc1ccc(-c2nc3c(N)cc(C(=O)O)cn3n2)s1. The van der Waals surface area contributed by atoms with Crippen LogP contribution in [-0.4, -0.2) is 69.7 Å². The minimum Gasteiger partial charge on any atom is -0.478 e. The molecule has 0 aromatic carbocycles. The largest absolute Gasteiger partial charge is 0.478 e. The van der Waals surface area contributed by atoms with Gasteiger partial charge in [0.05, 0.1) is 16.1 Å². The number of urea groups is 1.